The van der Waals surface area contributed by atoms with Crippen LogP contribution >= 0.6 is 11.6 Å². The van der Waals surface area contributed by atoms with Crippen LogP contribution in [-0.4, -0.2) is 29.7 Å². The Labute approximate surface area is 102 Å². The first-order valence-electron chi connectivity index (χ1n) is 4.68. The molecule has 0 aliphatic heterocycles. The number of halogens is 1. The highest BCUT2D eigenvalue weighted by Crippen LogP contribution is 2.27. The molecule has 0 atom stereocenters. The summed E-state index contributed by atoms with van der Waals surface area (Å²) in [5.74, 6) is -0.152. The fraction of sp³-hybridized carbons (Fsp3) is 0.333. The second-order valence-corrected chi connectivity index (χ2v) is 3.38. The molecule has 0 saturated carbocycles. The van der Waals surface area contributed by atoms with Gasteiger partial charge < -0.3 is 4.74 Å². The summed E-state index contributed by atoms with van der Waals surface area (Å²) in [4.78, 5) is 26.2. The predicted molar refractivity (Wildman–Crippen MR) is 61.3 cm³/mol. The number of aromatic nitrogens is 1. The van der Waals surface area contributed by atoms with Gasteiger partial charge in [-0.15, -0.1) is 0 Å². The highest BCUT2D eigenvalue weighted by atomic mass is 35.5. The zero-order chi connectivity index (χ0) is 13.0. The highest BCUT2D eigenvalue weighted by Gasteiger charge is 2.24. The molecule has 0 unspecified atom stereocenters. The minimum atomic E-state index is -0.731. The number of rotatable bonds is 3. The first-order chi connectivity index (χ1) is 7.97. The molecule has 0 N–H and O–H groups in total. The molecule has 8 heteroatoms. The third-order valence-corrected chi connectivity index (χ3v) is 2.09. The van der Waals surface area contributed by atoms with Gasteiger partial charge in [0.1, 0.15) is 5.15 Å². The Morgan fingerprint density at radius 3 is 2.82 bits per heavy atom. The first-order valence-corrected chi connectivity index (χ1v) is 5.06. The molecule has 92 valence electrons. The fourth-order valence-corrected chi connectivity index (χ4v) is 1.26. The molecule has 0 aliphatic rings. The van der Waals surface area contributed by atoms with Crippen LogP contribution in [0.3, 0.4) is 0 Å². The quantitative estimate of drug-likeness (QED) is 0.472. The maximum absolute atomic E-state index is 11.4. The molecular formula is C9H10ClN3O4. The number of anilines is 1. The van der Waals surface area contributed by atoms with Gasteiger partial charge in [-0.2, -0.15) is 0 Å². The summed E-state index contributed by atoms with van der Waals surface area (Å²) in [7, 11) is 1.32. The van der Waals surface area contributed by atoms with Crippen molar-refractivity contribution in [2.24, 2.45) is 0 Å². The SMILES string of the molecule is CCOC(=O)N(C)c1nc(Cl)ccc1[N+](=O)[O-]. The molecule has 17 heavy (non-hydrogen) atoms. The largest absolute Gasteiger partial charge is 0.449 e. The number of amides is 1. The van der Waals surface area contributed by atoms with Gasteiger partial charge in [0.25, 0.3) is 0 Å². The van der Waals surface area contributed by atoms with Gasteiger partial charge in [-0.05, 0) is 13.0 Å². The number of carbonyl (C=O) groups excluding carboxylic acids is 1. The Balaban J connectivity index is 3.14. The molecule has 0 fully saturated rings. The van der Waals surface area contributed by atoms with Crippen molar-refractivity contribution in [1.82, 2.24) is 4.98 Å². The Hall–Kier alpha value is -1.89. The number of nitrogens with zero attached hydrogens (tertiary/aromatic N) is 3. The molecule has 0 aromatic carbocycles. The van der Waals surface area contributed by atoms with E-state index < -0.39 is 11.0 Å². The lowest BCUT2D eigenvalue weighted by molar-refractivity contribution is -0.384. The van der Waals surface area contributed by atoms with Crippen molar-refractivity contribution >= 4 is 29.2 Å². The molecule has 0 spiro atoms. The zero-order valence-corrected chi connectivity index (χ0v) is 9.97. The van der Waals surface area contributed by atoms with Gasteiger partial charge in [0.05, 0.1) is 11.5 Å². The van der Waals surface area contributed by atoms with E-state index in [0.717, 1.165) is 4.90 Å². The van der Waals surface area contributed by atoms with E-state index in [1.807, 2.05) is 0 Å². The van der Waals surface area contributed by atoms with Crippen LogP contribution in [0.4, 0.5) is 16.3 Å². The number of carbonyl (C=O) groups is 1. The van der Waals surface area contributed by atoms with Crippen LogP contribution in [0.1, 0.15) is 6.92 Å². The summed E-state index contributed by atoms with van der Waals surface area (Å²) in [6, 6.07) is 2.46. The lowest BCUT2D eigenvalue weighted by atomic mass is 10.4. The van der Waals surface area contributed by atoms with E-state index in [9.17, 15) is 14.9 Å². The van der Waals surface area contributed by atoms with Crippen LogP contribution in [0, 0.1) is 10.1 Å². The van der Waals surface area contributed by atoms with Crippen LogP contribution in [0.25, 0.3) is 0 Å². The Morgan fingerprint density at radius 1 is 1.65 bits per heavy atom. The monoisotopic (exact) mass is 259 g/mol. The summed E-state index contributed by atoms with van der Waals surface area (Å²) in [5, 5.41) is 10.8. The van der Waals surface area contributed by atoms with E-state index >= 15 is 0 Å². The van der Waals surface area contributed by atoms with Crippen LogP contribution in [-0.2, 0) is 4.74 Å². The molecule has 0 radical (unpaired) electrons. The van der Waals surface area contributed by atoms with Crippen molar-refractivity contribution in [3.05, 3.63) is 27.4 Å². The van der Waals surface area contributed by atoms with Gasteiger partial charge in [-0.3, -0.25) is 15.0 Å². The Bertz CT molecular complexity index is 452. The number of hydrogen-bond donors (Lipinski definition) is 0. The molecule has 1 heterocycles. The van der Waals surface area contributed by atoms with E-state index in [1.165, 1.54) is 19.2 Å². The zero-order valence-electron chi connectivity index (χ0n) is 9.21. The maximum Gasteiger partial charge on any atom is 0.415 e. The summed E-state index contributed by atoms with van der Waals surface area (Å²) in [5.41, 5.74) is -0.315. The summed E-state index contributed by atoms with van der Waals surface area (Å²) in [6.07, 6.45) is -0.731. The third-order valence-electron chi connectivity index (χ3n) is 1.88. The first kappa shape index (κ1) is 13.2. The standard InChI is InChI=1S/C9H10ClN3O4/c1-3-17-9(14)12(2)8-6(13(15)16)4-5-7(10)11-8/h4-5H,3H2,1-2H3. The lowest BCUT2D eigenvalue weighted by Gasteiger charge is -2.15. The highest BCUT2D eigenvalue weighted by molar-refractivity contribution is 6.29. The van der Waals surface area contributed by atoms with Gasteiger partial charge in [-0.25, -0.2) is 9.78 Å². The lowest BCUT2D eigenvalue weighted by Crippen LogP contribution is -2.28. The molecule has 0 bridgehead atoms. The summed E-state index contributed by atoms with van der Waals surface area (Å²) >= 11 is 5.63. The topological polar surface area (TPSA) is 85.6 Å². The van der Waals surface area contributed by atoms with Crippen molar-refractivity contribution in [2.45, 2.75) is 6.92 Å². The maximum atomic E-state index is 11.4. The van der Waals surface area contributed by atoms with Gasteiger partial charge >= 0.3 is 11.8 Å². The molecule has 1 amide bonds. The average molecular weight is 260 g/mol. The number of pyridine rings is 1. The molecule has 0 saturated heterocycles. The molecule has 7 nitrogen and oxygen atoms in total. The third kappa shape index (κ3) is 3.04. The number of nitro groups is 1. The summed E-state index contributed by atoms with van der Waals surface area (Å²) in [6.45, 7) is 1.79. The minimum Gasteiger partial charge on any atom is -0.449 e. The molecule has 1 aromatic heterocycles. The molecule has 1 aromatic rings. The van der Waals surface area contributed by atoms with Crippen LogP contribution in [0.5, 0.6) is 0 Å². The van der Waals surface area contributed by atoms with Crippen LogP contribution < -0.4 is 4.90 Å². The van der Waals surface area contributed by atoms with E-state index in [2.05, 4.69) is 4.98 Å². The Kier molecular flexibility index (Phi) is 4.22. The van der Waals surface area contributed by atoms with Gasteiger partial charge in [0.15, 0.2) is 0 Å². The molecule has 0 aliphatic carbocycles. The van der Waals surface area contributed by atoms with E-state index in [-0.39, 0.29) is 23.3 Å². The van der Waals surface area contributed by atoms with Gasteiger partial charge in [0.2, 0.25) is 5.82 Å². The molecule has 1 rings (SSSR count). The number of ether oxygens (including phenoxy) is 1. The number of hydrogen-bond acceptors (Lipinski definition) is 5. The average Bonchev–Trinajstić information content (AvgIpc) is 2.27. The summed E-state index contributed by atoms with van der Waals surface area (Å²) < 4.78 is 4.71. The fourth-order valence-electron chi connectivity index (χ4n) is 1.11. The van der Waals surface area contributed by atoms with E-state index in [0.29, 0.717) is 0 Å². The van der Waals surface area contributed by atoms with E-state index in [1.54, 1.807) is 6.92 Å². The van der Waals surface area contributed by atoms with Gasteiger partial charge in [0, 0.05) is 13.1 Å². The van der Waals surface area contributed by atoms with Crippen molar-refractivity contribution in [3.8, 4) is 0 Å². The van der Waals surface area contributed by atoms with Crippen molar-refractivity contribution in [2.75, 3.05) is 18.6 Å². The predicted octanol–water partition coefficient (Wildman–Crippen LogP) is 2.24. The minimum absolute atomic E-state index is 0.0572. The van der Waals surface area contributed by atoms with E-state index in [4.69, 9.17) is 16.3 Å². The van der Waals surface area contributed by atoms with Crippen LogP contribution in [0.15, 0.2) is 12.1 Å². The molecular weight excluding hydrogens is 250 g/mol. The van der Waals surface area contributed by atoms with Gasteiger partial charge in [-0.1, -0.05) is 11.6 Å². The normalized spacial score (nSPS) is 9.82. The smallest absolute Gasteiger partial charge is 0.415 e. The second-order valence-electron chi connectivity index (χ2n) is 2.99. The second kappa shape index (κ2) is 5.44. The Morgan fingerprint density at radius 2 is 2.29 bits per heavy atom. The van der Waals surface area contributed by atoms with Crippen LogP contribution in [0.2, 0.25) is 5.15 Å². The van der Waals surface area contributed by atoms with Crippen molar-refractivity contribution in [1.29, 1.82) is 0 Å². The van der Waals surface area contributed by atoms with Crippen molar-refractivity contribution in [3.63, 3.8) is 0 Å². The van der Waals surface area contributed by atoms with Crippen molar-refractivity contribution < 1.29 is 14.5 Å².